The average Bonchev–Trinajstić information content (AvgIpc) is 2.47. The summed E-state index contributed by atoms with van der Waals surface area (Å²) in [5.74, 6) is 0.830. The van der Waals surface area contributed by atoms with Crippen LogP contribution in [0.3, 0.4) is 0 Å². The first-order valence-electron chi connectivity index (χ1n) is 6.11. The summed E-state index contributed by atoms with van der Waals surface area (Å²) in [6.07, 6.45) is 1.49. The van der Waals surface area contributed by atoms with Crippen LogP contribution in [0.15, 0.2) is 30.0 Å². The molecule has 1 aromatic carbocycles. The van der Waals surface area contributed by atoms with E-state index >= 15 is 0 Å². The minimum absolute atomic E-state index is 0.0944. The molecular formula is C15H12N2O4. The molecule has 0 radical (unpaired) electrons. The summed E-state index contributed by atoms with van der Waals surface area (Å²) in [7, 11) is 0. The molecule has 6 nitrogen and oxygen atoms in total. The average molecular weight is 284 g/mol. The third-order valence-corrected chi connectivity index (χ3v) is 2.81. The van der Waals surface area contributed by atoms with Crippen molar-refractivity contribution in [3.8, 4) is 12.0 Å². The fraction of sp³-hybridized carbons (Fsp3) is 0.133. The van der Waals surface area contributed by atoms with Gasteiger partial charge in [0.2, 0.25) is 0 Å². The van der Waals surface area contributed by atoms with Gasteiger partial charge in [-0.15, -0.1) is 0 Å². The van der Waals surface area contributed by atoms with Crippen LogP contribution in [0.1, 0.15) is 22.8 Å². The highest BCUT2D eigenvalue weighted by Gasteiger charge is 2.28. The van der Waals surface area contributed by atoms with E-state index in [0.717, 1.165) is 4.90 Å². The van der Waals surface area contributed by atoms with Gasteiger partial charge in [-0.2, -0.15) is 0 Å². The molecular weight excluding hydrogens is 272 g/mol. The predicted octanol–water partition coefficient (Wildman–Crippen LogP) is 0.665. The van der Waals surface area contributed by atoms with Gasteiger partial charge in [0.15, 0.2) is 0 Å². The maximum atomic E-state index is 11.9. The maximum absolute atomic E-state index is 11.9. The van der Waals surface area contributed by atoms with Gasteiger partial charge in [-0.1, -0.05) is 18.1 Å². The van der Waals surface area contributed by atoms with Crippen LogP contribution >= 0.6 is 0 Å². The van der Waals surface area contributed by atoms with Crippen LogP contribution in [0, 0.1) is 12.0 Å². The highest BCUT2D eigenvalue weighted by molar-refractivity contribution is 6.06. The van der Waals surface area contributed by atoms with E-state index < -0.39 is 11.9 Å². The highest BCUT2D eigenvalue weighted by atomic mass is 16.4. The number of piperazine rings is 1. The Kier molecular flexibility index (Phi) is 4.05. The molecule has 2 N–H and O–H groups in total. The van der Waals surface area contributed by atoms with E-state index in [-0.39, 0.29) is 23.7 Å². The number of hydrogen-bond donors (Lipinski definition) is 2. The van der Waals surface area contributed by atoms with Gasteiger partial charge < -0.3 is 10.4 Å². The van der Waals surface area contributed by atoms with Gasteiger partial charge in [0, 0.05) is 6.04 Å². The number of nitrogens with zero attached hydrogens (tertiary/aromatic N) is 1. The lowest BCUT2D eigenvalue weighted by atomic mass is 10.1. The van der Waals surface area contributed by atoms with Gasteiger partial charge in [-0.3, -0.25) is 9.59 Å². The van der Waals surface area contributed by atoms with Gasteiger partial charge in [0.05, 0.1) is 12.1 Å². The number of hydrogen-bond acceptors (Lipinski definition) is 3. The first kappa shape index (κ1) is 14.3. The summed E-state index contributed by atoms with van der Waals surface area (Å²) in [6.45, 7) is 1.47. The molecule has 1 fully saturated rings. The number of carboxylic acids is 1. The lowest BCUT2D eigenvalue weighted by Crippen LogP contribution is -2.47. The third-order valence-electron chi connectivity index (χ3n) is 2.81. The highest BCUT2D eigenvalue weighted by Crippen LogP contribution is 2.15. The van der Waals surface area contributed by atoms with Crippen molar-refractivity contribution < 1.29 is 19.5 Å². The van der Waals surface area contributed by atoms with E-state index in [0.29, 0.717) is 5.56 Å². The molecule has 2 amide bonds. The van der Waals surface area contributed by atoms with Gasteiger partial charge in [0.25, 0.3) is 11.8 Å². The molecule has 106 valence electrons. The number of carboxylic acid groups (broad SMARTS) is 1. The summed E-state index contributed by atoms with van der Waals surface area (Å²) >= 11 is 0. The van der Waals surface area contributed by atoms with Crippen LogP contribution in [0.4, 0.5) is 0 Å². The molecule has 0 spiro atoms. The topological polar surface area (TPSA) is 86.7 Å². The zero-order valence-electron chi connectivity index (χ0n) is 11.2. The Balaban J connectivity index is 2.39. The van der Waals surface area contributed by atoms with Gasteiger partial charge in [0.1, 0.15) is 5.70 Å². The van der Waals surface area contributed by atoms with Crippen molar-refractivity contribution in [2.45, 2.75) is 6.92 Å². The molecule has 6 heteroatoms. The number of aromatic carboxylic acids is 1. The van der Waals surface area contributed by atoms with E-state index in [1.54, 1.807) is 19.1 Å². The SMILES string of the molecule is CC#CN1C(=O)CNC(=O)C1=Cc1ccc(C(=O)O)cc1. The minimum atomic E-state index is -1.03. The van der Waals surface area contributed by atoms with Crippen molar-refractivity contribution >= 4 is 23.9 Å². The summed E-state index contributed by atoms with van der Waals surface area (Å²) in [5.41, 5.74) is 0.859. The molecule has 0 bridgehead atoms. The molecule has 1 aliphatic heterocycles. The normalized spacial score (nSPS) is 16.2. The quantitative estimate of drug-likeness (QED) is 0.617. The molecule has 0 unspecified atom stereocenters. The molecule has 2 rings (SSSR count). The molecule has 0 aliphatic carbocycles. The Hall–Kier alpha value is -3.07. The van der Waals surface area contributed by atoms with Crippen LogP contribution in [0.2, 0.25) is 0 Å². The fourth-order valence-corrected chi connectivity index (χ4v) is 1.81. The Labute approximate surface area is 121 Å². The van der Waals surface area contributed by atoms with Crippen LogP contribution in [-0.2, 0) is 9.59 Å². The first-order chi connectivity index (χ1) is 10.0. The van der Waals surface area contributed by atoms with Crippen LogP contribution in [0.5, 0.6) is 0 Å². The third kappa shape index (κ3) is 3.09. The Bertz CT molecular complexity index is 693. The molecule has 21 heavy (non-hydrogen) atoms. The molecule has 1 aliphatic rings. The number of nitrogens with one attached hydrogen (secondary N) is 1. The number of carbonyl (C=O) groups is 3. The van der Waals surface area contributed by atoms with Gasteiger partial charge >= 0.3 is 5.97 Å². The number of rotatable bonds is 2. The van der Waals surface area contributed by atoms with E-state index in [9.17, 15) is 14.4 Å². The lowest BCUT2D eigenvalue weighted by molar-refractivity contribution is -0.133. The second-order valence-electron chi connectivity index (χ2n) is 4.23. The Morgan fingerprint density at radius 2 is 2.00 bits per heavy atom. The number of benzene rings is 1. The Morgan fingerprint density at radius 1 is 1.33 bits per heavy atom. The molecule has 1 saturated heterocycles. The fourth-order valence-electron chi connectivity index (χ4n) is 1.81. The molecule has 0 saturated carbocycles. The molecule has 1 aromatic rings. The van der Waals surface area contributed by atoms with E-state index in [4.69, 9.17) is 5.11 Å². The number of amides is 2. The van der Waals surface area contributed by atoms with Gasteiger partial charge in [-0.25, -0.2) is 9.69 Å². The van der Waals surface area contributed by atoms with E-state index in [1.165, 1.54) is 18.2 Å². The molecule has 0 aromatic heterocycles. The summed E-state index contributed by atoms with van der Waals surface area (Å²) in [4.78, 5) is 35.5. The van der Waals surface area contributed by atoms with Crippen molar-refractivity contribution in [3.63, 3.8) is 0 Å². The van der Waals surface area contributed by atoms with Crippen molar-refractivity contribution in [1.82, 2.24) is 10.2 Å². The van der Waals surface area contributed by atoms with Gasteiger partial charge in [-0.05, 0) is 30.7 Å². The van der Waals surface area contributed by atoms with Crippen molar-refractivity contribution in [2.24, 2.45) is 0 Å². The van der Waals surface area contributed by atoms with Crippen LogP contribution in [-0.4, -0.2) is 34.3 Å². The summed E-state index contributed by atoms with van der Waals surface area (Å²) in [6, 6.07) is 8.53. The maximum Gasteiger partial charge on any atom is 0.335 e. The van der Waals surface area contributed by atoms with Crippen molar-refractivity contribution in [1.29, 1.82) is 0 Å². The van der Waals surface area contributed by atoms with Crippen LogP contribution < -0.4 is 5.32 Å². The zero-order chi connectivity index (χ0) is 15.4. The second kappa shape index (κ2) is 5.92. The van der Waals surface area contributed by atoms with Crippen LogP contribution in [0.25, 0.3) is 6.08 Å². The lowest BCUT2D eigenvalue weighted by Gasteiger charge is -2.23. The van der Waals surface area contributed by atoms with E-state index in [1.807, 2.05) is 0 Å². The second-order valence-corrected chi connectivity index (χ2v) is 4.23. The standard InChI is InChI=1S/C15H12N2O4/c1-2-7-17-12(14(19)16-9-13(17)18)8-10-3-5-11(6-4-10)15(20)21/h3-6,8H,9H2,1H3,(H,16,19)(H,20,21). The summed E-state index contributed by atoms with van der Waals surface area (Å²) < 4.78 is 0. The van der Waals surface area contributed by atoms with E-state index in [2.05, 4.69) is 17.3 Å². The minimum Gasteiger partial charge on any atom is -0.478 e. The number of carbonyl (C=O) groups excluding carboxylic acids is 2. The first-order valence-corrected chi connectivity index (χ1v) is 6.11. The molecule has 0 atom stereocenters. The van der Waals surface area contributed by atoms with Crippen molar-refractivity contribution in [2.75, 3.05) is 6.54 Å². The summed E-state index contributed by atoms with van der Waals surface area (Å²) in [5, 5.41) is 11.3. The predicted molar refractivity (Wildman–Crippen MR) is 74.7 cm³/mol. The smallest absolute Gasteiger partial charge is 0.335 e. The van der Waals surface area contributed by atoms with Crippen molar-refractivity contribution in [3.05, 3.63) is 41.1 Å². The monoisotopic (exact) mass is 284 g/mol. The largest absolute Gasteiger partial charge is 0.478 e. The molecule has 1 heterocycles. The zero-order valence-corrected chi connectivity index (χ0v) is 11.2. The Morgan fingerprint density at radius 3 is 2.57 bits per heavy atom.